The lowest BCUT2D eigenvalue weighted by Crippen LogP contribution is -2.44. The van der Waals surface area contributed by atoms with Crippen LogP contribution in [-0.4, -0.2) is 10.1 Å². The van der Waals surface area contributed by atoms with Crippen LogP contribution in [0.25, 0.3) is 0 Å². The van der Waals surface area contributed by atoms with Gasteiger partial charge in [0.15, 0.2) is 12.4 Å². The zero-order chi connectivity index (χ0) is 13.3. The van der Waals surface area contributed by atoms with Crippen LogP contribution in [0, 0.1) is 6.92 Å². The van der Waals surface area contributed by atoms with Crippen LogP contribution >= 0.6 is 12.4 Å². The molecule has 3 rings (SSSR count). The fourth-order valence-corrected chi connectivity index (χ4v) is 2.08. The Bertz CT molecular complexity index is 564. The van der Waals surface area contributed by atoms with Gasteiger partial charge in [-0.05, 0) is 38.3 Å². The van der Waals surface area contributed by atoms with Gasteiger partial charge in [-0.15, -0.1) is 12.4 Å². The van der Waals surface area contributed by atoms with Crippen molar-refractivity contribution in [2.24, 2.45) is 5.73 Å². The predicted octanol–water partition coefficient (Wildman–Crippen LogP) is 2.72. The average molecular weight is 296 g/mol. The highest BCUT2D eigenvalue weighted by Crippen LogP contribution is 2.36. The number of hydrogen-bond acceptors (Lipinski definition) is 5. The molecule has 6 heteroatoms. The number of benzene rings is 1. The summed E-state index contributed by atoms with van der Waals surface area (Å²) in [5.41, 5.74) is 6.95. The van der Waals surface area contributed by atoms with Crippen LogP contribution in [0.5, 0.6) is 5.75 Å². The summed E-state index contributed by atoms with van der Waals surface area (Å²) in [5, 5.41) is 3.95. The Hall–Kier alpha value is -1.59. The second kappa shape index (κ2) is 5.81. The average Bonchev–Trinajstić information content (AvgIpc) is 2.84. The molecule has 20 heavy (non-hydrogen) atoms. The SMILES string of the molecule is Cc1ccc(OCc2nc(C3(N)CCC3)no2)cc1.Cl. The summed E-state index contributed by atoms with van der Waals surface area (Å²) in [6.45, 7) is 2.31. The number of rotatable bonds is 4. The first-order chi connectivity index (χ1) is 9.16. The van der Waals surface area contributed by atoms with Gasteiger partial charge in [0.25, 0.3) is 5.89 Å². The summed E-state index contributed by atoms with van der Waals surface area (Å²) in [6, 6.07) is 7.83. The molecule has 1 aromatic carbocycles. The molecule has 0 spiro atoms. The molecule has 0 unspecified atom stereocenters. The van der Waals surface area contributed by atoms with E-state index in [1.54, 1.807) is 0 Å². The molecule has 1 aliphatic carbocycles. The number of aryl methyl sites for hydroxylation is 1. The van der Waals surface area contributed by atoms with E-state index in [9.17, 15) is 0 Å². The van der Waals surface area contributed by atoms with E-state index < -0.39 is 0 Å². The van der Waals surface area contributed by atoms with Crippen LogP contribution in [0.4, 0.5) is 0 Å². The lowest BCUT2D eigenvalue weighted by atomic mass is 9.77. The van der Waals surface area contributed by atoms with Gasteiger partial charge in [0.2, 0.25) is 0 Å². The molecule has 1 heterocycles. The zero-order valence-corrected chi connectivity index (χ0v) is 12.2. The molecule has 2 aromatic rings. The maximum absolute atomic E-state index is 6.14. The van der Waals surface area contributed by atoms with E-state index in [1.165, 1.54) is 5.56 Å². The third-order valence-electron chi connectivity index (χ3n) is 3.54. The molecular formula is C14H18ClN3O2. The fraction of sp³-hybridized carbons (Fsp3) is 0.429. The number of aromatic nitrogens is 2. The van der Waals surface area contributed by atoms with Crippen LogP contribution in [-0.2, 0) is 12.1 Å². The molecule has 108 valence electrons. The van der Waals surface area contributed by atoms with Crippen molar-refractivity contribution in [3.8, 4) is 5.75 Å². The van der Waals surface area contributed by atoms with Crippen LogP contribution in [0.3, 0.4) is 0 Å². The van der Waals surface area contributed by atoms with Gasteiger partial charge in [-0.25, -0.2) is 0 Å². The van der Waals surface area contributed by atoms with E-state index in [1.807, 2.05) is 31.2 Å². The molecule has 0 aliphatic heterocycles. The lowest BCUT2D eigenvalue weighted by Gasteiger charge is -2.34. The van der Waals surface area contributed by atoms with Gasteiger partial charge in [-0.3, -0.25) is 0 Å². The minimum Gasteiger partial charge on any atom is -0.484 e. The summed E-state index contributed by atoms with van der Waals surface area (Å²) >= 11 is 0. The largest absolute Gasteiger partial charge is 0.484 e. The first-order valence-electron chi connectivity index (χ1n) is 6.47. The van der Waals surface area contributed by atoms with E-state index in [-0.39, 0.29) is 24.6 Å². The van der Waals surface area contributed by atoms with E-state index in [0.29, 0.717) is 11.7 Å². The standard InChI is InChI=1S/C14H17N3O2.ClH/c1-10-3-5-11(6-4-10)18-9-12-16-13(17-19-12)14(15)7-2-8-14;/h3-6H,2,7-9,15H2,1H3;1H. The molecule has 2 N–H and O–H groups in total. The van der Waals surface area contributed by atoms with Crippen molar-refractivity contribution < 1.29 is 9.26 Å². The predicted molar refractivity (Wildman–Crippen MR) is 76.8 cm³/mol. The van der Waals surface area contributed by atoms with Gasteiger partial charge in [0.05, 0.1) is 5.54 Å². The molecule has 1 saturated carbocycles. The first-order valence-corrected chi connectivity index (χ1v) is 6.47. The Kier molecular flexibility index (Phi) is 4.30. The van der Waals surface area contributed by atoms with Gasteiger partial charge in [0.1, 0.15) is 5.75 Å². The molecule has 0 bridgehead atoms. The minimum atomic E-state index is -0.383. The van der Waals surface area contributed by atoms with Gasteiger partial charge < -0.3 is 15.0 Å². The smallest absolute Gasteiger partial charge is 0.264 e. The lowest BCUT2D eigenvalue weighted by molar-refractivity contribution is 0.223. The minimum absolute atomic E-state index is 0. The number of hydrogen-bond donors (Lipinski definition) is 1. The van der Waals surface area contributed by atoms with Gasteiger partial charge >= 0.3 is 0 Å². The number of nitrogens with two attached hydrogens (primary N) is 1. The molecular weight excluding hydrogens is 278 g/mol. The molecule has 1 aliphatic rings. The van der Waals surface area contributed by atoms with Crippen LogP contribution < -0.4 is 10.5 Å². The number of nitrogens with zero attached hydrogens (tertiary/aromatic N) is 2. The van der Waals surface area contributed by atoms with Crippen molar-refractivity contribution in [2.75, 3.05) is 0 Å². The second-order valence-corrected chi connectivity index (χ2v) is 5.12. The third-order valence-corrected chi connectivity index (χ3v) is 3.54. The van der Waals surface area contributed by atoms with E-state index in [0.717, 1.165) is 25.0 Å². The van der Waals surface area contributed by atoms with Crippen molar-refractivity contribution in [1.82, 2.24) is 10.1 Å². The Morgan fingerprint density at radius 3 is 2.60 bits per heavy atom. The van der Waals surface area contributed by atoms with Crippen LogP contribution in [0.15, 0.2) is 28.8 Å². The maximum atomic E-state index is 6.14. The van der Waals surface area contributed by atoms with Gasteiger partial charge in [-0.2, -0.15) is 4.98 Å². The Morgan fingerprint density at radius 2 is 2.00 bits per heavy atom. The molecule has 0 saturated heterocycles. The molecule has 0 radical (unpaired) electrons. The van der Waals surface area contributed by atoms with Crippen molar-refractivity contribution in [3.05, 3.63) is 41.5 Å². The topological polar surface area (TPSA) is 74.2 Å². The van der Waals surface area contributed by atoms with Crippen molar-refractivity contribution in [2.45, 2.75) is 38.3 Å². The summed E-state index contributed by atoms with van der Waals surface area (Å²) in [6.07, 6.45) is 2.97. The molecule has 5 nitrogen and oxygen atoms in total. The van der Waals surface area contributed by atoms with Crippen molar-refractivity contribution >= 4 is 12.4 Å². The number of halogens is 1. The highest BCUT2D eigenvalue weighted by atomic mass is 35.5. The third kappa shape index (κ3) is 2.94. The molecule has 1 fully saturated rings. The highest BCUT2D eigenvalue weighted by molar-refractivity contribution is 5.85. The quantitative estimate of drug-likeness (QED) is 0.938. The zero-order valence-electron chi connectivity index (χ0n) is 11.3. The Labute approximate surface area is 123 Å². The molecule has 0 atom stereocenters. The van der Waals surface area contributed by atoms with Crippen LogP contribution in [0.2, 0.25) is 0 Å². The number of ether oxygens (including phenoxy) is 1. The summed E-state index contributed by atoms with van der Waals surface area (Å²) in [4.78, 5) is 4.31. The monoisotopic (exact) mass is 295 g/mol. The Morgan fingerprint density at radius 1 is 1.30 bits per heavy atom. The second-order valence-electron chi connectivity index (χ2n) is 5.12. The Balaban J connectivity index is 0.00000147. The van der Waals surface area contributed by atoms with E-state index >= 15 is 0 Å². The van der Waals surface area contributed by atoms with Crippen molar-refractivity contribution in [1.29, 1.82) is 0 Å². The molecule has 1 aromatic heterocycles. The fourth-order valence-electron chi connectivity index (χ4n) is 2.08. The molecule has 0 amide bonds. The van der Waals surface area contributed by atoms with Crippen LogP contribution in [0.1, 0.15) is 36.5 Å². The highest BCUT2D eigenvalue weighted by Gasteiger charge is 2.38. The van der Waals surface area contributed by atoms with Crippen molar-refractivity contribution in [3.63, 3.8) is 0 Å². The summed E-state index contributed by atoms with van der Waals surface area (Å²) in [7, 11) is 0. The van der Waals surface area contributed by atoms with Gasteiger partial charge in [0, 0.05) is 0 Å². The maximum Gasteiger partial charge on any atom is 0.264 e. The van der Waals surface area contributed by atoms with E-state index in [4.69, 9.17) is 15.0 Å². The first kappa shape index (κ1) is 14.8. The summed E-state index contributed by atoms with van der Waals surface area (Å²) < 4.78 is 10.8. The van der Waals surface area contributed by atoms with Gasteiger partial charge in [-0.1, -0.05) is 22.9 Å². The summed E-state index contributed by atoms with van der Waals surface area (Å²) in [5.74, 6) is 1.85. The normalized spacial score (nSPS) is 16.1. The van der Waals surface area contributed by atoms with E-state index in [2.05, 4.69) is 10.1 Å².